The number of aryl methyl sites for hydroxylation is 1. The normalized spacial score (nSPS) is 18.4. The minimum atomic E-state index is 0. The van der Waals surface area contributed by atoms with E-state index in [-0.39, 0.29) is 24.4 Å². The van der Waals surface area contributed by atoms with Crippen molar-refractivity contribution < 1.29 is 4.79 Å². The third kappa shape index (κ3) is 4.87. The lowest BCUT2D eigenvalue weighted by Crippen LogP contribution is -2.45. The topological polar surface area (TPSA) is 37.3 Å². The van der Waals surface area contributed by atoms with Gasteiger partial charge >= 0.3 is 0 Å². The van der Waals surface area contributed by atoms with Gasteiger partial charge in [-0.25, -0.2) is 0 Å². The second kappa shape index (κ2) is 9.36. The van der Waals surface area contributed by atoms with Crippen molar-refractivity contribution in [2.45, 2.75) is 58.5 Å². The molecule has 1 N–H and O–H groups in total. The highest BCUT2D eigenvalue weighted by Crippen LogP contribution is 2.29. The van der Waals surface area contributed by atoms with Gasteiger partial charge < -0.3 is 14.8 Å². The van der Waals surface area contributed by atoms with E-state index in [1.54, 1.807) is 0 Å². The van der Waals surface area contributed by atoms with Crippen LogP contribution in [0.15, 0.2) is 36.4 Å². The molecule has 1 aromatic carbocycles. The van der Waals surface area contributed by atoms with Gasteiger partial charge in [0.05, 0.1) is 11.6 Å². The number of halogens is 1. The summed E-state index contributed by atoms with van der Waals surface area (Å²) in [4.78, 5) is 15.3. The zero-order chi connectivity index (χ0) is 19.7. The molecule has 0 radical (unpaired) electrons. The van der Waals surface area contributed by atoms with Crippen LogP contribution in [0.4, 0.5) is 0 Å². The van der Waals surface area contributed by atoms with Crippen LogP contribution in [0.3, 0.4) is 0 Å². The van der Waals surface area contributed by atoms with E-state index in [1.807, 2.05) is 6.07 Å². The molecule has 1 amide bonds. The molecule has 4 rings (SSSR count). The van der Waals surface area contributed by atoms with Crippen LogP contribution >= 0.6 is 12.4 Å². The van der Waals surface area contributed by atoms with Gasteiger partial charge in [-0.3, -0.25) is 4.79 Å². The molecule has 1 aliphatic carbocycles. The molecular weight excluding hydrogens is 382 g/mol. The summed E-state index contributed by atoms with van der Waals surface area (Å²) in [6.45, 7) is 9.29. The Hall–Kier alpha value is -1.78. The first kappa shape index (κ1) is 21.9. The molecule has 2 aliphatic rings. The van der Waals surface area contributed by atoms with E-state index in [9.17, 15) is 4.79 Å². The predicted octanol–water partition coefficient (Wildman–Crippen LogP) is 4.74. The molecule has 1 saturated carbocycles. The number of nitrogens with one attached hydrogen (secondary N) is 1. The van der Waals surface area contributed by atoms with Crippen molar-refractivity contribution >= 4 is 18.3 Å². The van der Waals surface area contributed by atoms with Crippen LogP contribution in [0, 0.1) is 19.8 Å². The van der Waals surface area contributed by atoms with Crippen molar-refractivity contribution in [3.05, 3.63) is 58.9 Å². The van der Waals surface area contributed by atoms with Crippen LogP contribution in [0.25, 0.3) is 0 Å². The molecule has 2 heterocycles. The molecule has 29 heavy (non-hydrogen) atoms. The Morgan fingerprint density at radius 2 is 1.76 bits per heavy atom. The molecule has 2 aromatic rings. The maximum atomic E-state index is 13.2. The van der Waals surface area contributed by atoms with Crippen molar-refractivity contribution in [1.82, 2.24) is 14.8 Å². The lowest BCUT2D eigenvalue weighted by molar-refractivity contribution is 0.0704. The van der Waals surface area contributed by atoms with E-state index < -0.39 is 0 Å². The first-order valence-corrected chi connectivity index (χ1v) is 10.8. The van der Waals surface area contributed by atoms with Gasteiger partial charge in [0.1, 0.15) is 0 Å². The maximum Gasteiger partial charge on any atom is 0.255 e. The minimum Gasteiger partial charge on any atom is -0.341 e. The van der Waals surface area contributed by atoms with Gasteiger partial charge in [0.25, 0.3) is 5.91 Å². The molecule has 1 aliphatic heterocycles. The van der Waals surface area contributed by atoms with Crippen LogP contribution in [0.5, 0.6) is 0 Å². The largest absolute Gasteiger partial charge is 0.341 e. The standard InChI is InChI=1S/C24H33N3O.ClH/c1-17-15-23(19(3)27(17)18(2)21-7-5-4-6-8-21)24(28)26-13-11-22(12-14-26)25-16-20-9-10-20;/h4-8,15,18,20,22,25H,9-14,16H2,1-3H3;1H. The van der Waals surface area contributed by atoms with Gasteiger partial charge in [-0.2, -0.15) is 0 Å². The number of benzene rings is 1. The van der Waals surface area contributed by atoms with Gasteiger partial charge in [0.15, 0.2) is 0 Å². The average molecular weight is 416 g/mol. The Bertz CT molecular complexity index is 820. The summed E-state index contributed by atoms with van der Waals surface area (Å²) in [5, 5.41) is 3.70. The highest BCUT2D eigenvalue weighted by Gasteiger charge is 2.28. The second-order valence-corrected chi connectivity index (χ2v) is 8.66. The molecule has 158 valence electrons. The van der Waals surface area contributed by atoms with Gasteiger partial charge in [-0.05, 0) is 70.5 Å². The van der Waals surface area contributed by atoms with Crippen molar-refractivity contribution in [2.24, 2.45) is 5.92 Å². The Balaban J connectivity index is 0.00000240. The van der Waals surface area contributed by atoms with Gasteiger partial charge in [-0.15, -0.1) is 12.4 Å². The number of likely N-dealkylation sites (tertiary alicyclic amines) is 1. The molecule has 5 heteroatoms. The summed E-state index contributed by atoms with van der Waals surface area (Å²) < 4.78 is 2.30. The van der Waals surface area contributed by atoms with Gasteiger partial charge in [0, 0.05) is 30.5 Å². The minimum absolute atomic E-state index is 0. The number of piperidine rings is 1. The van der Waals surface area contributed by atoms with Crippen molar-refractivity contribution in [1.29, 1.82) is 0 Å². The molecule has 1 atom stereocenters. The number of hydrogen-bond donors (Lipinski definition) is 1. The number of aromatic nitrogens is 1. The van der Waals surface area contributed by atoms with Crippen LogP contribution in [-0.2, 0) is 0 Å². The summed E-state index contributed by atoms with van der Waals surface area (Å²) in [6, 6.07) is 13.4. The number of carbonyl (C=O) groups is 1. The Kier molecular flexibility index (Phi) is 7.07. The molecule has 1 saturated heterocycles. The third-order valence-electron chi connectivity index (χ3n) is 6.56. The molecule has 1 unspecified atom stereocenters. The van der Waals surface area contributed by atoms with Crippen molar-refractivity contribution in [2.75, 3.05) is 19.6 Å². The van der Waals surface area contributed by atoms with E-state index in [0.29, 0.717) is 6.04 Å². The monoisotopic (exact) mass is 415 g/mol. The zero-order valence-electron chi connectivity index (χ0n) is 17.9. The summed E-state index contributed by atoms with van der Waals surface area (Å²) in [6.07, 6.45) is 4.91. The van der Waals surface area contributed by atoms with Gasteiger partial charge in [-0.1, -0.05) is 30.3 Å². The Morgan fingerprint density at radius 3 is 2.38 bits per heavy atom. The Morgan fingerprint density at radius 1 is 1.10 bits per heavy atom. The van der Waals surface area contributed by atoms with Crippen LogP contribution < -0.4 is 5.32 Å². The maximum absolute atomic E-state index is 13.2. The first-order chi connectivity index (χ1) is 13.5. The van der Waals surface area contributed by atoms with Gasteiger partial charge in [0.2, 0.25) is 0 Å². The number of carbonyl (C=O) groups excluding carboxylic acids is 1. The lowest BCUT2D eigenvalue weighted by Gasteiger charge is -2.32. The highest BCUT2D eigenvalue weighted by molar-refractivity contribution is 5.95. The molecule has 4 nitrogen and oxygen atoms in total. The zero-order valence-corrected chi connectivity index (χ0v) is 18.7. The third-order valence-corrected chi connectivity index (χ3v) is 6.56. The molecule has 0 bridgehead atoms. The SMILES string of the molecule is Cc1cc(C(=O)N2CCC(NCC3CC3)CC2)c(C)n1C(C)c1ccccc1.Cl. The van der Waals surface area contributed by atoms with E-state index in [1.165, 1.54) is 18.4 Å². The highest BCUT2D eigenvalue weighted by atomic mass is 35.5. The quantitative estimate of drug-likeness (QED) is 0.739. The summed E-state index contributed by atoms with van der Waals surface area (Å²) in [5.74, 6) is 1.11. The molecule has 0 spiro atoms. The second-order valence-electron chi connectivity index (χ2n) is 8.66. The van der Waals surface area contributed by atoms with Crippen molar-refractivity contribution in [3.63, 3.8) is 0 Å². The fraction of sp³-hybridized carbons (Fsp3) is 0.542. The number of amides is 1. The Labute approximate surface area is 181 Å². The number of rotatable bonds is 6. The molecular formula is C24H34ClN3O. The predicted molar refractivity (Wildman–Crippen MR) is 121 cm³/mol. The van der Waals surface area contributed by atoms with Crippen LogP contribution in [-0.4, -0.2) is 41.1 Å². The van der Waals surface area contributed by atoms with E-state index in [0.717, 1.165) is 55.3 Å². The summed E-state index contributed by atoms with van der Waals surface area (Å²) in [7, 11) is 0. The summed E-state index contributed by atoms with van der Waals surface area (Å²) in [5.41, 5.74) is 4.36. The fourth-order valence-electron chi connectivity index (χ4n) is 4.58. The smallest absolute Gasteiger partial charge is 0.255 e. The van der Waals surface area contributed by atoms with E-state index in [2.05, 4.69) is 65.9 Å². The van der Waals surface area contributed by atoms with Crippen LogP contribution in [0.1, 0.15) is 66.0 Å². The average Bonchev–Trinajstić information content (AvgIpc) is 3.50. The number of hydrogen-bond acceptors (Lipinski definition) is 2. The number of nitrogens with zero attached hydrogens (tertiary/aromatic N) is 2. The molecule has 2 fully saturated rings. The van der Waals surface area contributed by atoms with Crippen LogP contribution in [0.2, 0.25) is 0 Å². The summed E-state index contributed by atoms with van der Waals surface area (Å²) >= 11 is 0. The van der Waals surface area contributed by atoms with E-state index in [4.69, 9.17) is 0 Å². The molecule has 1 aromatic heterocycles. The van der Waals surface area contributed by atoms with Crippen molar-refractivity contribution in [3.8, 4) is 0 Å². The fourth-order valence-corrected chi connectivity index (χ4v) is 4.58. The van der Waals surface area contributed by atoms with E-state index >= 15 is 0 Å². The lowest BCUT2D eigenvalue weighted by atomic mass is 10.0. The first-order valence-electron chi connectivity index (χ1n) is 10.8.